The predicted molar refractivity (Wildman–Crippen MR) is 109 cm³/mol. The van der Waals surface area contributed by atoms with Gasteiger partial charge in [0.1, 0.15) is 5.75 Å². The van der Waals surface area contributed by atoms with Crippen LogP contribution in [0.3, 0.4) is 0 Å². The third kappa shape index (κ3) is 4.10. The largest absolute Gasteiger partial charge is 0.495 e. The van der Waals surface area contributed by atoms with E-state index in [1.807, 2.05) is 34.4 Å². The zero-order valence-electron chi connectivity index (χ0n) is 15.9. The van der Waals surface area contributed by atoms with Crippen molar-refractivity contribution in [3.05, 3.63) is 39.8 Å². The Morgan fingerprint density at radius 3 is 2.70 bits per heavy atom. The van der Waals surface area contributed by atoms with Crippen LogP contribution in [0.1, 0.15) is 34.8 Å². The van der Waals surface area contributed by atoms with Crippen LogP contribution in [0.15, 0.2) is 24.3 Å². The van der Waals surface area contributed by atoms with Gasteiger partial charge in [0.15, 0.2) is 0 Å². The van der Waals surface area contributed by atoms with Crippen molar-refractivity contribution in [1.29, 1.82) is 0 Å². The molecule has 4 rings (SSSR count). The number of amides is 1. The Bertz CT molecular complexity index is 773. The monoisotopic (exact) mass is 385 g/mol. The number of hydrogen-bond donors (Lipinski definition) is 0. The number of thiazole rings is 1. The second-order valence-electron chi connectivity index (χ2n) is 7.22. The van der Waals surface area contributed by atoms with Gasteiger partial charge in [-0.25, -0.2) is 4.98 Å². The molecule has 5 nitrogen and oxygen atoms in total. The molecule has 0 unspecified atom stereocenters. The Hall–Kier alpha value is -2.08. The quantitative estimate of drug-likeness (QED) is 0.792. The second-order valence-corrected chi connectivity index (χ2v) is 8.39. The maximum absolute atomic E-state index is 12.6. The Balaban J connectivity index is 1.29. The molecular formula is C21H27N3O2S. The minimum absolute atomic E-state index is 0.253. The van der Waals surface area contributed by atoms with Gasteiger partial charge in [-0.3, -0.25) is 4.79 Å². The van der Waals surface area contributed by atoms with Crippen LogP contribution in [0.25, 0.3) is 0 Å². The van der Waals surface area contributed by atoms with E-state index in [9.17, 15) is 4.79 Å². The summed E-state index contributed by atoms with van der Waals surface area (Å²) in [4.78, 5) is 23.2. The number of carbonyl (C=O) groups excluding carboxylic acids is 1. The average Bonchev–Trinajstić information content (AvgIpc) is 3.15. The van der Waals surface area contributed by atoms with Crippen LogP contribution in [0.5, 0.6) is 5.75 Å². The summed E-state index contributed by atoms with van der Waals surface area (Å²) in [5.74, 6) is 1.15. The molecule has 0 bridgehead atoms. The fraction of sp³-hybridized carbons (Fsp3) is 0.524. The number of hydrogen-bond acceptors (Lipinski definition) is 5. The zero-order valence-corrected chi connectivity index (χ0v) is 16.8. The lowest BCUT2D eigenvalue weighted by Crippen LogP contribution is -2.48. The van der Waals surface area contributed by atoms with Gasteiger partial charge in [-0.1, -0.05) is 12.1 Å². The lowest BCUT2D eigenvalue weighted by Gasteiger charge is -2.36. The Morgan fingerprint density at radius 2 is 1.93 bits per heavy atom. The Kier molecular flexibility index (Phi) is 5.62. The molecule has 2 aromatic rings. The van der Waals surface area contributed by atoms with E-state index < -0.39 is 0 Å². The summed E-state index contributed by atoms with van der Waals surface area (Å²) in [5.41, 5.74) is 2.40. The number of ether oxygens (including phenoxy) is 1. The van der Waals surface area contributed by atoms with E-state index in [4.69, 9.17) is 9.72 Å². The molecule has 0 N–H and O–H groups in total. The molecule has 0 atom stereocenters. The minimum Gasteiger partial charge on any atom is -0.495 e. The van der Waals surface area contributed by atoms with Gasteiger partial charge < -0.3 is 14.5 Å². The third-order valence-electron chi connectivity index (χ3n) is 5.50. The fourth-order valence-electron chi connectivity index (χ4n) is 3.97. The van der Waals surface area contributed by atoms with E-state index in [0.29, 0.717) is 6.42 Å². The highest BCUT2D eigenvalue weighted by Gasteiger charge is 2.23. The van der Waals surface area contributed by atoms with Crippen LogP contribution in [0.2, 0.25) is 0 Å². The molecule has 1 saturated heterocycles. The lowest BCUT2D eigenvalue weighted by atomic mass is 10.0. The molecule has 1 amide bonds. The molecule has 0 radical (unpaired) electrons. The average molecular weight is 386 g/mol. The zero-order chi connectivity index (χ0) is 18.6. The molecule has 2 aliphatic rings. The molecule has 6 heteroatoms. The molecule has 1 aliphatic heterocycles. The van der Waals surface area contributed by atoms with Crippen LogP contribution in [0, 0.1) is 0 Å². The van der Waals surface area contributed by atoms with Crippen LogP contribution < -0.4 is 9.64 Å². The van der Waals surface area contributed by atoms with Crippen molar-refractivity contribution in [2.45, 2.75) is 38.5 Å². The fourth-order valence-corrected chi connectivity index (χ4v) is 5.13. The standard InChI is InChI=1S/C21H27N3O2S/c1-26-18-8-4-3-7-17(18)23-12-14-24(15-13-23)21(25)11-10-20-22-16-6-2-5-9-19(16)27-20/h3-4,7-8H,2,5-6,9-15H2,1H3. The van der Waals surface area contributed by atoms with Crippen molar-refractivity contribution in [2.75, 3.05) is 38.2 Å². The van der Waals surface area contributed by atoms with E-state index in [1.54, 1.807) is 7.11 Å². The molecule has 144 valence electrons. The van der Waals surface area contributed by atoms with Crippen LogP contribution in [0.4, 0.5) is 5.69 Å². The maximum atomic E-state index is 12.6. The number of fused-ring (bicyclic) bond motifs is 1. The molecule has 1 aliphatic carbocycles. The lowest BCUT2D eigenvalue weighted by molar-refractivity contribution is -0.131. The topological polar surface area (TPSA) is 45.7 Å². The van der Waals surface area contributed by atoms with E-state index in [-0.39, 0.29) is 5.91 Å². The number of methoxy groups -OCH3 is 1. The number of anilines is 1. The Labute approximate surface area is 165 Å². The maximum Gasteiger partial charge on any atom is 0.223 e. The first-order valence-electron chi connectivity index (χ1n) is 9.88. The number of rotatable bonds is 5. The summed E-state index contributed by atoms with van der Waals surface area (Å²) in [7, 11) is 1.70. The SMILES string of the molecule is COc1ccccc1N1CCN(C(=O)CCc2nc3c(s2)CCCC3)CC1. The van der Waals surface area contributed by atoms with Crippen molar-refractivity contribution in [3.63, 3.8) is 0 Å². The van der Waals surface area contributed by atoms with Gasteiger partial charge in [0.05, 0.1) is 23.5 Å². The Morgan fingerprint density at radius 1 is 1.15 bits per heavy atom. The first-order valence-corrected chi connectivity index (χ1v) is 10.7. The third-order valence-corrected chi connectivity index (χ3v) is 6.72. The summed E-state index contributed by atoms with van der Waals surface area (Å²) in [6.07, 6.45) is 6.18. The van der Waals surface area contributed by atoms with E-state index in [1.165, 1.54) is 29.8 Å². The van der Waals surface area contributed by atoms with Crippen molar-refractivity contribution in [3.8, 4) is 5.75 Å². The van der Waals surface area contributed by atoms with Gasteiger partial charge >= 0.3 is 0 Å². The van der Waals surface area contributed by atoms with Crippen LogP contribution in [-0.4, -0.2) is 49.1 Å². The number of carbonyl (C=O) groups is 1. The predicted octanol–water partition coefficient (Wildman–Crippen LogP) is 3.31. The summed E-state index contributed by atoms with van der Waals surface area (Å²) in [6.45, 7) is 3.23. The first-order chi connectivity index (χ1) is 13.2. The molecule has 2 heterocycles. The van der Waals surface area contributed by atoms with E-state index in [0.717, 1.165) is 55.5 Å². The second kappa shape index (κ2) is 8.30. The number of piperazine rings is 1. The summed E-state index contributed by atoms with van der Waals surface area (Å²) >= 11 is 1.82. The van der Waals surface area contributed by atoms with E-state index in [2.05, 4.69) is 11.0 Å². The summed E-state index contributed by atoms with van der Waals surface area (Å²) < 4.78 is 5.47. The van der Waals surface area contributed by atoms with Gasteiger partial charge in [0, 0.05) is 43.9 Å². The number of aromatic nitrogens is 1. The molecule has 1 aromatic carbocycles. The molecule has 1 aromatic heterocycles. The normalized spacial score (nSPS) is 16.9. The minimum atomic E-state index is 0.253. The number of para-hydroxylation sites is 2. The van der Waals surface area contributed by atoms with Crippen molar-refractivity contribution >= 4 is 22.9 Å². The van der Waals surface area contributed by atoms with E-state index >= 15 is 0 Å². The summed E-state index contributed by atoms with van der Waals surface area (Å²) in [6, 6.07) is 8.09. The van der Waals surface area contributed by atoms with Crippen LogP contribution >= 0.6 is 11.3 Å². The molecular weight excluding hydrogens is 358 g/mol. The first kappa shape index (κ1) is 18.3. The van der Waals surface area contributed by atoms with Crippen molar-refractivity contribution in [1.82, 2.24) is 9.88 Å². The summed E-state index contributed by atoms with van der Waals surface area (Å²) in [5, 5.41) is 1.14. The highest BCUT2D eigenvalue weighted by atomic mass is 32.1. The van der Waals surface area contributed by atoms with Gasteiger partial charge in [-0.05, 0) is 37.8 Å². The van der Waals surface area contributed by atoms with Gasteiger partial charge in [0.25, 0.3) is 0 Å². The van der Waals surface area contributed by atoms with Crippen LogP contribution in [-0.2, 0) is 24.1 Å². The number of aryl methyl sites for hydroxylation is 3. The smallest absolute Gasteiger partial charge is 0.223 e. The van der Waals surface area contributed by atoms with Gasteiger partial charge in [0.2, 0.25) is 5.91 Å². The molecule has 27 heavy (non-hydrogen) atoms. The van der Waals surface area contributed by atoms with Gasteiger partial charge in [-0.2, -0.15) is 0 Å². The highest BCUT2D eigenvalue weighted by Crippen LogP contribution is 2.29. The number of nitrogens with zero attached hydrogens (tertiary/aromatic N) is 3. The van der Waals surface area contributed by atoms with Crippen molar-refractivity contribution < 1.29 is 9.53 Å². The molecule has 0 spiro atoms. The highest BCUT2D eigenvalue weighted by molar-refractivity contribution is 7.11. The van der Waals surface area contributed by atoms with Crippen molar-refractivity contribution in [2.24, 2.45) is 0 Å². The number of benzene rings is 1. The molecule has 1 fully saturated rings. The van der Waals surface area contributed by atoms with Gasteiger partial charge in [-0.15, -0.1) is 11.3 Å². The molecule has 0 saturated carbocycles.